The Bertz CT molecular complexity index is 701. The summed E-state index contributed by atoms with van der Waals surface area (Å²) in [5.74, 6) is -1.31. The normalized spacial score (nSPS) is 17.7. The molecule has 2 rings (SSSR count). The van der Waals surface area contributed by atoms with E-state index in [1.165, 1.54) is 51.0 Å². The highest BCUT2D eigenvalue weighted by molar-refractivity contribution is 5.90. The first kappa shape index (κ1) is 25.1. The molecule has 3 atom stereocenters. The number of hydrogen-bond donors (Lipinski definition) is 2. The van der Waals surface area contributed by atoms with E-state index in [2.05, 4.69) is 12.2 Å². The molecule has 3 unspecified atom stereocenters. The summed E-state index contributed by atoms with van der Waals surface area (Å²) in [5.41, 5.74) is 1.39. The van der Waals surface area contributed by atoms with Crippen molar-refractivity contribution in [1.82, 2.24) is 5.32 Å². The van der Waals surface area contributed by atoms with Gasteiger partial charge in [-0.25, -0.2) is 4.79 Å². The zero-order valence-corrected chi connectivity index (χ0v) is 19.1. The molecule has 0 aromatic heterocycles. The molecule has 1 aliphatic heterocycles. The zero-order valence-electron chi connectivity index (χ0n) is 19.1. The van der Waals surface area contributed by atoms with Crippen LogP contribution in [0.1, 0.15) is 96.1 Å². The van der Waals surface area contributed by atoms with Gasteiger partial charge in [0.15, 0.2) is 0 Å². The first-order valence-corrected chi connectivity index (χ1v) is 12.0. The van der Waals surface area contributed by atoms with Crippen LogP contribution in [-0.2, 0) is 14.3 Å². The van der Waals surface area contributed by atoms with Crippen LogP contribution in [-0.4, -0.2) is 23.3 Å². The van der Waals surface area contributed by atoms with Gasteiger partial charge in [-0.2, -0.15) is 0 Å². The molecule has 1 heterocycles. The predicted octanol–water partition coefficient (Wildman–Crippen LogP) is 5.59. The number of benzene rings is 1. The lowest BCUT2D eigenvalue weighted by Gasteiger charge is -2.22. The molecule has 1 amide bonds. The summed E-state index contributed by atoms with van der Waals surface area (Å²) in [7, 11) is 0. The first-order chi connectivity index (χ1) is 15.0. The molecule has 1 aliphatic rings. The topological polar surface area (TPSA) is 75.6 Å². The van der Waals surface area contributed by atoms with Gasteiger partial charge >= 0.3 is 5.97 Å². The molecule has 0 saturated carbocycles. The predicted molar refractivity (Wildman–Crippen MR) is 123 cm³/mol. The highest BCUT2D eigenvalue weighted by Crippen LogP contribution is 2.28. The Morgan fingerprint density at radius 2 is 1.58 bits per heavy atom. The van der Waals surface area contributed by atoms with Crippen molar-refractivity contribution in [2.24, 2.45) is 5.92 Å². The van der Waals surface area contributed by atoms with E-state index in [1.807, 2.05) is 37.3 Å². The zero-order chi connectivity index (χ0) is 22.5. The Morgan fingerprint density at radius 3 is 2.13 bits per heavy atom. The fourth-order valence-corrected chi connectivity index (χ4v) is 4.12. The third kappa shape index (κ3) is 8.86. The third-order valence-electron chi connectivity index (χ3n) is 6.02. The van der Waals surface area contributed by atoms with Crippen molar-refractivity contribution in [2.45, 2.75) is 96.8 Å². The number of amides is 1. The van der Waals surface area contributed by atoms with Gasteiger partial charge in [0.25, 0.3) is 0 Å². The van der Waals surface area contributed by atoms with Crippen molar-refractivity contribution in [3.05, 3.63) is 47.5 Å². The van der Waals surface area contributed by atoms with Gasteiger partial charge in [-0.05, 0) is 18.9 Å². The molecule has 0 fully saturated rings. The van der Waals surface area contributed by atoms with Crippen molar-refractivity contribution >= 4 is 11.9 Å². The second-order valence-corrected chi connectivity index (χ2v) is 8.60. The summed E-state index contributed by atoms with van der Waals surface area (Å²) in [4.78, 5) is 24.6. The van der Waals surface area contributed by atoms with E-state index in [0.717, 1.165) is 24.8 Å². The van der Waals surface area contributed by atoms with Crippen molar-refractivity contribution in [1.29, 1.82) is 0 Å². The van der Waals surface area contributed by atoms with Crippen LogP contribution in [0.5, 0.6) is 0 Å². The number of ether oxygens (including phenoxy) is 1. The van der Waals surface area contributed by atoms with Crippen LogP contribution in [0.3, 0.4) is 0 Å². The van der Waals surface area contributed by atoms with Crippen molar-refractivity contribution in [3.8, 4) is 0 Å². The summed E-state index contributed by atoms with van der Waals surface area (Å²) in [6.07, 6.45) is 12.7. The molecule has 0 bridgehead atoms. The maximum atomic E-state index is 13.0. The molecule has 5 heteroatoms. The third-order valence-corrected chi connectivity index (χ3v) is 6.02. The van der Waals surface area contributed by atoms with Crippen molar-refractivity contribution < 1.29 is 19.4 Å². The number of unbranched alkanes of at least 4 members (excludes halogenated alkanes) is 9. The van der Waals surface area contributed by atoms with E-state index in [0.29, 0.717) is 12.0 Å². The van der Waals surface area contributed by atoms with Gasteiger partial charge in [-0.15, -0.1) is 0 Å². The molecule has 5 nitrogen and oxygen atoms in total. The van der Waals surface area contributed by atoms with E-state index in [-0.39, 0.29) is 11.9 Å². The molecule has 0 aliphatic carbocycles. The maximum absolute atomic E-state index is 13.0. The number of aliphatic hydroxyl groups excluding tert-OH is 1. The average molecular weight is 430 g/mol. The summed E-state index contributed by atoms with van der Waals surface area (Å²) in [5, 5.41) is 13.1. The van der Waals surface area contributed by atoms with E-state index in [9.17, 15) is 14.7 Å². The van der Waals surface area contributed by atoms with E-state index >= 15 is 0 Å². The molecule has 2 N–H and O–H groups in total. The van der Waals surface area contributed by atoms with Crippen LogP contribution in [0.2, 0.25) is 0 Å². The highest BCUT2D eigenvalue weighted by Gasteiger charge is 2.34. The standard InChI is InChI=1S/C26H39NO4/c1-3-4-5-6-7-8-9-10-11-15-18-22(23-19-24(28)31-26(23)30)25(29)27-20(2)21-16-13-12-14-17-21/h12-14,16-17,19-20,22,26,30H,3-11,15,18H2,1-2H3,(H,27,29). The minimum absolute atomic E-state index is 0.153. The number of hydrogen-bond acceptors (Lipinski definition) is 4. The van der Waals surface area contributed by atoms with Crippen LogP contribution in [0.25, 0.3) is 0 Å². The van der Waals surface area contributed by atoms with E-state index in [4.69, 9.17) is 4.74 Å². The largest absolute Gasteiger partial charge is 0.429 e. The first-order valence-electron chi connectivity index (χ1n) is 12.0. The van der Waals surface area contributed by atoms with Crippen LogP contribution in [0, 0.1) is 5.92 Å². The fraction of sp³-hybridized carbons (Fsp3) is 0.615. The van der Waals surface area contributed by atoms with Gasteiger partial charge < -0.3 is 15.2 Å². The molecular weight excluding hydrogens is 390 g/mol. The van der Waals surface area contributed by atoms with Crippen LogP contribution >= 0.6 is 0 Å². The molecule has 0 radical (unpaired) electrons. The Balaban J connectivity index is 1.82. The van der Waals surface area contributed by atoms with Gasteiger partial charge in [0, 0.05) is 11.6 Å². The van der Waals surface area contributed by atoms with Crippen LogP contribution in [0.15, 0.2) is 42.0 Å². The summed E-state index contributed by atoms with van der Waals surface area (Å²) >= 11 is 0. The average Bonchev–Trinajstić information content (AvgIpc) is 3.10. The molecule has 1 aromatic rings. The van der Waals surface area contributed by atoms with Crippen LogP contribution in [0.4, 0.5) is 0 Å². The Hall–Kier alpha value is -2.14. The lowest BCUT2D eigenvalue weighted by Crippen LogP contribution is -2.35. The van der Waals surface area contributed by atoms with Gasteiger partial charge in [-0.3, -0.25) is 4.79 Å². The van der Waals surface area contributed by atoms with Gasteiger partial charge in [-0.1, -0.05) is 101 Å². The molecule has 0 spiro atoms. The second kappa shape index (κ2) is 14.0. The summed E-state index contributed by atoms with van der Waals surface area (Å²) < 4.78 is 4.84. The monoisotopic (exact) mass is 429 g/mol. The number of aliphatic hydroxyl groups is 1. The van der Waals surface area contributed by atoms with Crippen molar-refractivity contribution in [3.63, 3.8) is 0 Å². The quantitative estimate of drug-likeness (QED) is 0.281. The van der Waals surface area contributed by atoms with Gasteiger partial charge in [0.05, 0.1) is 12.0 Å². The SMILES string of the molecule is CCCCCCCCCCCCC(C(=O)NC(C)c1ccccc1)C1=CC(=O)OC1O. The number of carbonyl (C=O) groups excluding carboxylic acids is 2. The number of cyclic esters (lactones) is 1. The summed E-state index contributed by atoms with van der Waals surface area (Å²) in [6.45, 7) is 4.17. The van der Waals surface area contributed by atoms with Crippen molar-refractivity contribution in [2.75, 3.05) is 0 Å². The van der Waals surface area contributed by atoms with Gasteiger partial charge in [0.1, 0.15) is 0 Å². The maximum Gasteiger partial charge on any atom is 0.333 e. The lowest BCUT2D eigenvalue weighted by atomic mass is 9.91. The Morgan fingerprint density at radius 1 is 1.00 bits per heavy atom. The van der Waals surface area contributed by atoms with E-state index < -0.39 is 18.2 Å². The molecule has 172 valence electrons. The number of nitrogens with one attached hydrogen (secondary N) is 1. The minimum Gasteiger partial charge on any atom is -0.429 e. The Labute approximate surface area is 187 Å². The molecule has 31 heavy (non-hydrogen) atoms. The number of esters is 1. The van der Waals surface area contributed by atoms with Crippen LogP contribution < -0.4 is 5.32 Å². The van der Waals surface area contributed by atoms with E-state index in [1.54, 1.807) is 0 Å². The summed E-state index contributed by atoms with van der Waals surface area (Å²) in [6, 6.07) is 9.61. The molecule has 1 aromatic carbocycles. The highest BCUT2D eigenvalue weighted by atomic mass is 16.6. The molecular formula is C26H39NO4. The smallest absolute Gasteiger partial charge is 0.333 e. The number of rotatable bonds is 15. The fourth-order valence-electron chi connectivity index (χ4n) is 4.12. The molecule has 0 saturated heterocycles. The minimum atomic E-state index is -1.32. The number of carbonyl (C=O) groups is 2. The lowest BCUT2D eigenvalue weighted by molar-refractivity contribution is -0.152. The van der Waals surface area contributed by atoms with Gasteiger partial charge in [0.2, 0.25) is 12.2 Å². The second-order valence-electron chi connectivity index (χ2n) is 8.60. The Kier molecular flexibility index (Phi) is 11.4.